The first kappa shape index (κ1) is 8.02. The Morgan fingerprint density at radius 1 is 1.62 bits per heavy atom. The smallest absolute Gasteiger partial charge is 0.244 e. The molecule has 1 nitrogen and oxygen atoms in total. The molecule has 0 aliphatic carbocycles. The van der Waals surface area contributed by atoms with Crippen LogP contribution in [-0.2, 0) is 4.79 Å². The van der Waals surface area contributed by atoms with Crippen LogP contribution in [0.2, 0.25) is 0 Å². The van der Waals surface area contributed by atoms with E-state index < -0.39 is 0 Å². The van der Waals surface area contributed by atoms with Gasteiger partial charge in [0.25, 0.3) is 0 Å². The molecular formula is C6H13OS. The van der Waals surface area contributed by atoms with Crippen molar-refractivity contribution in [1.29, 1.82) is 0 Å². The highest BCUT2D eigenvalue weighted by Gasteiger charge is 1.91. The predicted octanol–water partition coefficient (Wildman–Crippen LogP) is 1.48. The largest absolute Gasteiger partial charge is 0.279 e. The van der Waals surface area contributed by atoms with Gasteiger partial charge in [-0.3, -0.25) is 4.79 Å². The first-order chi connectivity index (χ1) is 3.81. The van der Waals surface area contributed by atoms with E-state index in [0.29, 0.717) is 0 Å². The monoisotopic (exact) mass is 133 g/mol. The minimum atomic E-state index is -0.390. The lowest BCUT2D eigenvalue weighted by Crippen LogP contribution is -1.85. The van der Waals surface area contributed by atoms with E-state index in [-0.39, 0.29) is 10.9 Å². The van der Waals surface area contributed by atoms with Crippen molar-refractivity contribution in [2.75, 3.05) is 12.0 Å². The van der Waals surface area contributed by atoms with Gasteiger partial charge in [0.05, 0.1) is 0 Å². The minimum Gasteiger partial charge on any atom is -0.279 e. The number of unbranched alkanes of at least 4 members (excludes halogenated alkanes) is 1. The van der Waals surface area contributed by atoms with E-state index >= 15 is 0 Å². The molecule has 0 heterocycles. The Balaban J connectivity index is 2.98. The summed E-state index contributed by atoms with van der Waals surface area (Å²) in [5.74, 6) is 1.06. The van der Waals surface area contributed by atoms with E-state index in [1.54, 1.807) is 0 Å². The van der Waals surface area contributed by atoms with Crippen LogP contribution < -0.4 is 0 Å². The summed E-state index contributed by atoms with van der Waals surface area (Å²) in [5.41, 5.74) is 2.01. The number of hydrogen-bond donors (Lipinski definition) is 1. The van der Waals surface area contributed by atoms with Gasteiger partial charge in [-0.05, 0) is 18.4 Å². The summed E-state index contributed by atoms with van der Waals surface area (Å²) >= 11 is 0. The summed E-state index contributed by atoms with van der Waals surface area (Å²) in [4.78, 5) is 9.91. The van der Waals surface area contributed by atoms with Crippen LogP contribution in [0.25, 0.3) is 0 Å². The SMILES string of the molecule is CCCC[SH](C)[C]=O. The molecule has 0 fully saturated rings. The molecule has 1 unspecified atom stereocenters. The van der Waals surface area contributed by atoms with E-state index in [0.717, 1.165) is 5.75 Å². The van der Waals surface area contributed by atoms with Gasteiger partial charge in [-0.1, -0.05) is 13.3 Å². The molecule has 0 saturated carbocycles. The van der Waals surface area contributed by atoms with Crippen molar-refractivity contribution in [3.05, 3.63) is 0 Å². The maximum Gasteiger partial charge on any atom is 0.244 e. The van der Waals surface area contributed by atoms with E-state index in [1.165, 1.54) is 12.8 Å². The highest BCUT2D eigenvalue weighted by atomic mass is 32.2. The van der Waals surface area contributed by atoms with Gasteiger partial charge in [0.1, 0.15) is 0 Å². The summed E-state index contributed by atoms with van der Waals surface area (Å²) in [6.07, 6.45) is 4.34. The molecule has 0 amide bonds. The second-order valence-corrected chi connectivity index (χ2v) is 3.89. The average Bonchev–Trinajstić information content (AvgIpc) is 1.83. The highest BCUT2D eigenvalue weighted by molar-refractivity contribution is 8.27. The van der Waals surface area contributed by atoms with E-state index in [9.17, 15) is 4.79 Å². The minimum absolute atomic E-state index is 0.390. The standard InChI is InChI=1S/C6H13OS/c1-3-4-5-8(2)6-7/h8H,3-5H2,1-2H3. The molecule has 2 heteroatoms. The van der Waals surface area contributed by atoms with Crippen molar-refractivity contribution in [1.82, 2.24) is 0 Å². The van der Waals surface area contributed by atoms with Crippen molar-refractivity contribution in [2.24, 2.45) is 0 Å². The Bertz CT molecular complexity index is 63.5. The van der Waals surface area contributed by atoms with Crippen LogP contribution in [0.5, 0.6) is 0 Å². The van der Waals surface area contributed by atoms with Crippen molar-refractivity contribution in [3.8, 4) is 0 Å². The molecule has 0 aliphatic rings. The van der Waals surface area contributed by atoms with Gasteiger partial charge in [0.15, 0.2) is 0 Å². The van der Waals surface area contributed by atoms with E-state index in [4.69, 9.17) is 0 Å². The third-order valence-corrected chi connectivity index (χ3v) is 2.30. The van der Waals surface area contributed by atoms with Gasteiger partial charge < -0.3 is 0 Å². The van der Waals surface area contributed by atoms with Gasteiger partial charge in [0, 0.05) is 0 Å². The number of thiol groups is 1. The van der Waals surface area contributed by atoms with Gasteiger partial charge in [-0.25, -0.2) is 0 Å². The molecule has 0 aromatic rings. The normalized spacial score (nSPS) is 15.5. The van der Waals surface area contributed by atoms with Crippen LogP contribution >= 0.6 is 10.9 Å². The van der Waals surface area contributed by atoms with E-state index in [2.05, 4.69) is 6.92 Å². The quantitative estimate of drug-likeness (QED) is 0.575. The summed E-state index contributed by atoms with van der Waals surface area (Å²) in [7, 11) is -0.390. The third kappa shape index (κ3) is 4.19. The molecule has 0 rings (SSSR count). The molecular weight excluding hydrogens is 120 g/mol. The zero-order chi connectivity index (χ0) is 6.41. The van der Waals surface area contributed by atoms with Crippen LogP contribution in [0.15, 0.2) is 0 Å². The van der Waals surface area contributed by atoms with Crippen molar-refractivity contribution < 1.29 is 4.79 Å². The molecule has 0 aromatic carbocycles. The third-order valence-electron chi connectivity index (χ3n) is 1.00. The van der Waals surface area contributed by atoms with Crippen molar-refractivity contribution in [3.63, 3.8) is 0 Å². The topological polar surface area (TPSA) is 17.1 Å². The van der Waals surface area contributed by atoms with Crippen LogP contribution in [0, 0.1) is 0 Å². The molecule has 0 saturated heterocycles. The van der Waals surface area contributed by atoms with Crippen LogP contribution in [0.1, 0.15) is 19.8 Å². The Morgan fingerprint density at radius 3 is 2.62 bits per heavy atom. The number of hydrogen-bond acceptors (Lipinski definition) is 1. The number of rotatable bonds is 4. The first-order valence-electron chi connectivity index (χ1n) is 2.90. The first-order valence-corrected chi connectivity index (χ1v) is 4.87. The van der Waals surface area contributed by atoms with Gasteiger partial charge in [0.2, 0.25) is 5.62 Å². The Morgan fingerprint density at radius 2 is 2.25 bits per heavy atom. The lowest BCUT2D eigenvalue weighted by atomic mass is 10.4. The molecule has 8 heavy (non-hydrogen) atoms. The summed E-state index contributed by atoms with van der Waals surface area (Å²) in [6.45, 7) is 2.13. The Kier molecular flexibility index (Phi) is 5.18. The molecule has 1 radical (unpaired) electrons. The Hall–Kier alpha value is 0.0200. The molecule has 0 aromatic heterocycles. The van der Waals surface area contributed by atoms with E-state index in [1.807, 2.05) is 11.9 Å². The van der Waals surface area contributed by atoms with Crippen molar-refractivity contribution in [2.45, 2.75) is 19.8 Å². The van der Waals surface area contributed by atoms with Gasteiger partial charge >= 0.3 is 0 Å². The molecule has 0 aliphatic heterocycles. The average molecular weight is 133 g/mol. The van der Waals surface area contributed by atoms with Crippen LogP contribution in [0.3, 0.4) is 0 Å². The predicted molar refractivity (Wildman–Crippen MR) is 40.4 cm³/mol. The van der Waals surface area contributed by atoms with Crippen molar-refractivity contribution >= 4 is 16.5 Å². The highest BCUT2D eigenvalue weighted by Crippen LogP contribution is 2.15. The fraction of sp³-hybridized carbons (Fsp3) is 0.833. The second kappa shape index (κ2) is 5.16. The summed E-state index contributed by atoms with van der Waals surface area (Å²) in [5, 5.41) is 0. The maximum atomic E-state index is 9.91. The van der Waals surface area contributed by atoms with Gasteiger partial charge in [-0.15, -0.1) is 0 Å². The molecule has 0 spiro atoms. The lowest BCUT2D eigenvalue weighted by Gasteiger charge is -2.02. The molecule has 0 N–H and O–H groups in total. The zero-order valence-electron chi connectivity index (χ0n) is 5.48. The second-order valence-electron chi connectivity index (χ2n) is 1.87. The fourth-order valence-corrected chi connectivity index (χ4v) is 1.32. The molecule has 49 valence electrons. The van der Waals surface area contributed by atoms with Crippen LogP contribution in [0.4, 0.5) is 0 Å². The summed E-state index contributed by atoms with van der Waals surface area (Å²) in [6, 6.07) is 0. The molecule has 1 atom stereocenters. The Labute approximate surface area is 53.8 Å². The molecule has 0 bridgehead atoms. The maximum absolute atomic E-state index is 9.91. The lowest BCUT2D eigenvalue weighted by molar-refractivity contribution is 0.569. The number of carbonyl (C=O) groups excluding carboxylic acids is 1. The fourth-order valence-electron chi connectivity index (χ4n) is 0.441. The summed E-state index contributed by atoms with van der Waals surface area (Å²) < 4.78 is 0. The zero-order valence-corrected chi connectivity index (χ0v) is 6.37. The van der Waals surface area contributed by atoms with Gasteiger partial charge in [-0.2, -0.15) is 10.9 Å². The van der Waals surface area contributed by atoms with Crippen LogP contribution in [-0.4, -0.2) is 17.6 Å².